The minimum atomic E-state index is 0.885. The Kier molecular flexibility index (Phi) is 6.89. The predicted molar refractivity (Wildman–Crippen MR) is 216 cm³/mol. The molecular formula is C50H32O. The topological polar surface area (TPSA) is 13.1 Å². The van der Waals surface area contributed by atoms with Gasteiger partial charge in [-0.1, -0.05) is 164 Å². The molecule has 0 saturated heterocycles. The third kappa shape index (κ3) is 4.94. The number of hydrogen-bond donors (Lipinski definition) is 0. The lowest BCUT2D eigenvalue weighted by atomic mass is 9.85. The molecule has 0 saturated carbocycles. The van der Waals surface area contributed by atoms with E-state index in [4.69, 9.17) is 4.42 Å². The summed E-state index contributed by atoms with van der Waals surface area (Å²) in [5.74, 6) is 0. The van der Waals surface area contributed by atoms with Crippen LogP contribution in [0.4, 0.5) is 0 Å². The second kappa shape index (κ2) is 12.0. The molecule has 51 heavy (non-hydrogen) atoms. The van der Waals surface area contributed by atoms with E-state index >= 15 is 0 Å². The van der Waals surface area contributed by atoms with E-state index in [-0.39, 0.29) is 0 Å². The van der Waals surface area contributed by atoms with E-state index in [1.54, 1.807) is 0 Å². The third-order valence-electron chi connectivity index (χ3n) is 10.2. The number of rotatable bonds is 5. The van der Waals surface area contributed by atoms with Gasteiger partial charge in [0, 0.05) is 16.3 Å². The summed E-state index contributed by atoms with van der Waals surface area (Å²) in [6, 6.07) is 69.8. The molecular weight excluding hydrogens is 617 g/mol. The zero-order valence-electron chi connectivity index (χ0n) is 27.9. The van der Waals surface area contributed by atoms with Crippen molar-refractivity contribution in [2.24, 2.45) is 0 Å². The first-order valence-corrected chi connectivity index (χ1v) is 17.5. The molecule has 10 aromatic rings. The maximum atomic E-state index is 6.76. The number of benzene rings is 9. The highest BCUT2D eigenvalue weighted by Crippen LogP contribution is 2.46. The summed E-state index contributed by atoms with van der Waals surface area (Å²) in [5.41, 5.74) is 13.7. The minimum absolute atomic E-state index is 0.885. The summed E-state index contributed by atoms with van der Waals surface area (Å²) in [7, 11) is 0. The van der Waals surface area contributed by atoms with Crippen LogP contribution in [-0.4, -0.2) is 0 Å². The molecule has 0 fully saturated rings. The van der Waals surface area contributed by atoms with E-state index in [0.717, 1.165) is 38.6 Å². The maximum absolute atomic E-state index is 6.76. The van der Waals surface area contributed by atoms with Crippen LogP contribution in [0.25, 0.3) is 99.1 Å². The molecule has 0 radical (unpaired) electrons. The van der Waals surface area contributed by atoms with Crippen LogP contribution in [-0.2, 0) is 0 Å². The summed E-state index contributed by atoms with van der Waals surface area (Å²) < 4.78 is 6.76. The maximum Gasteiger partial charge on any atom is 0.143 e. The molecule has 10 rings (SSSR count). The summed E-state index contributed by atoms with van der Waals surface area (Å²) in [5, 5.41) is 7.21. The van der Waals surface area contributed by atoms with Crippen molar-refractivity contribution in [3.63, 3.8) is 0 Å². The van der Waals surface area contributed by atoms with Crippen LogP contribution in [0.15, 0.2) is 199 Å². The van der Waals surface area contributed by atoms with Crippen molar-refractivity contribution in [3.8, 4) is 55.6 Å². The van der Waals surface area contributed by atoms with Gasteiger partial charge in [0.25, 0.3) is 0 Å². The molecule has 238 valence electrons. The van der Waals surface area contributed by atoms with Gasteiger partial charge < -0.3 is 4.42 Å². The fourth-order valence-electron chi connectivity index (χ4n) is 7.90. The van der Waals surface area contributed by atoms with Crippen LogP contribution in [0, 0.1) is 0 Å². The van der Waals surface area contributed by atoms with Crippen molar-refractivity contribution in [3.05, 3.63) is 194 Å². The Balaban J connectivity index is 1.24. The highest BCUT2D eigenvalue weighted by Gasteiger charge is 2.19. The third-order valence-corrected chi connectivity index (χ3v) is 10.2. The van der Waals surface area contributed by atoms with E-state index in [0.29, 0.717) is 0 Å². The van der Waals surface area contributed by atoms with E-state index in [1.165, 1.54) is 60.5 Å². The second-order valence-electron chi connectivity index (χ2n) is 13.2. The fourth-order valence-corrected chi connectivity index (χ4v) is 7.90. The van der Waals surface area contributed by atoms with Crippen molar-refractivity contribution in [2.75, 3.05) is 0 Å². The van der Waals surface area contributed by atoms with Crippen LogP contribution in [0.1, 0.15) is 0 Å². The van der Waals surface area contributed by atoms with Crippen molar-refractivity contribution < 1.29 is 4.42 Å². The quantitative estimate of drug-likeness (QED) is 0.169. The van der Waals surface area contributed by atoms with Crippen LogP contribution < -0.4 is 0 Å². The van der Waals surface area contributed by atoms with Gasteiger partial charge in [-0.2, -0.15) is 0 Å². The number of fused-ring (bicyclic) bond motifs is 5. The summed E-state index contributed by atoms with van der Waals surface area (Å²) in [4.78, 5) is 0. The Labute approximate surface area is 296 Å². The molecule has 0 aliphatic heterocycles. The zero-order valence-corrected chi connectivity index (χ0v) is 27.9. The van der Waals surface area contributed by atoms with Gasteiger partial charge in [-0.25, -0.2) is 0 Å². The van der Waals surface area contributed by atoms with Crippen molar-refractivity contribution in [1.82, 2.24) is 0 Å². The SMILES string of the molecule is c1ccc(-c2cccc(-c3cc(-c4ccccc4)c4oc5ccc(-c6c7ccccc7c(-c7ccccc7)c7ccccc67)cc5c4c3)c2)cc1. The van der Waals surface area contributed by atoms with Gasteiger partial charge in [0.1, 0.15) is 11.2 Å². The van der Waals surface area contributed by atoms with Crippen molar-refractivity contribution >= 4 is 43.5 Å². The van der Waals surface area contributed by atoms with Gasteiger partial charge in [0.05, 0.1) is 0 Å². The average Bonchev–Trinajstić information content (AvgIpc) is 3.58. The molecule has 0 bridgehead atoms. The van der Waals surface area contributed by atoms with Gasteiger partial charge in [0.15, 0.2) is 0 Å². The smallest absolute Gasteiger partial charge is 0.143 e. The molecule has 0 aliphatic rings. The van der Waals surface area contributed by atoms with Gasteiger partial charge in [-0.3, -0.25) is 0 Å². The monoisotopic (exact) mass is 648 g/mol. The Morgan fingerprint density at radius 1 is 0.255 bits per heavy atom. The first-order chi connectivity index (χ1) is 25.3. The Morgan fingerprint density at radius 3 is 1.33 bits per heavy atom. The molecule has 1 nitrogen and oxygen atoms in total. The Morgan fingerprint density at radius 2 is 0.725 bits per heavy atom. The van der Waals surface area contributed by atoms with Gasteiger partial charge in [-0.05, 0) is 102 Å². The first-order valence-electron chi connectivity index (χ1n) is 17.5. The van der Waals surface area contributed by atoms with E-state index in [1.807, 2.05) is 0 Å². The minimum Gasteiger partial charge on any atom is -0.455 e. The van der Waals surface area contributed by atoms with Gasteiger partial charge in [0.2, 0.25) is 0 Å². The van der Waals surface area contributed by atoms with Crippen LogP contribution in [0.2, 0.25) is 0 Å². The number of furan rings is 1. The van der Waals surface area contributed by atoms with E-state index in [9.17, 15) is 0 Å². The lowest BCUT2D eigenvalue weighted by molar-refractivity contribution is 0.670. The summed E-state index contributed by atoms with van der Waals surface area (Å²) >= 11 is 0. The molecule has 0 amide bonds. The van der Waals surface area contributed by atoms with Crippen molar-refractivity contribution in [1.29, 1.82) is 0 Å². The largest absolute Gasteiger partial charge is 0.455 e. The predicted octanol–water partition coefficient (Wildman–Crippen LogP) is 14.2. The molecule has 1 heteroatoms. The first kappa shape index (κ1) is 29.2. The lowest BCUT2D eigenvalue weighted by Gasteiger charge is -2.17. The molecule has 9 aromatic carbocycles. The lowest BCUT2D eigenvalue weighted by Crippen LogP contribution is -1.90. The molecule has 0 spiro atoms. The average molecular weight is 649 g/mol. The number of hydrogen-bond acceptors (Lipinski definition) is 1. The molecule has 0 aliphatic carbocycles. The Hall–Kier alpha value is -6.70. The molecule has 0 N–H and O–H groups in total. The fraction of sp³-hybridized carbons (Fsp3) is 0. The van der Waals surface area contributed by atoms with E-state index < -0.39 is 0 Å². The van der Waals surface area contributed by atoms with Crippen LogP contribution in [0.3, 0.4) is 0 Å². The Bertz CT molecular complexity index is 2830. The normalized spacial score (nSPS) is 11.5. The van der Waals surface area contributed by atoms with Crippen LogP contribution >= 0.6 is 0 Å². The van der Waals surface area contributed by atoms with Crippen LogP contribution in [0.5, 0.6) is 0 Å². The van der Waals surface area contributed by atoms with Crippen molar-refractivity contribution in [2.45, 2.75) is 0 Å². The molecule has 0 unspecified atom stereocenters. The molecule has 1 heterocycles. The standard InChI is InChI=1S/C50H32O/c1-4-15-33(16-5-1)36-21-14-22-37(29-36)39-31-44(34-17-6-2-7-18-34)50-46(32-39)45-30-38(27-28-47(45)51-50)49-42-25-12-10-23-40(42)48(35-19-8-3-9-20-35)41-24-11-13-26-43(41)49/h1-32H. The van der Waals surface area contributed by atoms with E-state index in [2.05, 4.69) is 194 Å². The highest BCUT2D eigenvalue weighted by atomic mass is 16.3. The van der Waals surface area contributed by atoms with Gasteiger partial charge in [-0.15, -0.1) is 0 Å². The summed E-state index contributed by atoms with van der Waals surface area (Å²) in [6.07, 6.45) is 0. The zero-order chi connectivity index (χ0) is 33.7. The summed E-state index contributed by atoms with van der Waals surface area (Å²) in [6.45, 7) is 0. The molecule has 0 atom stereocenters. The second-order valence-corrected chi connectivity index (χ2v) is 13.2. The van der Waals surface area contributed by atoms with Gasteiger partial charge >= 0.3 is 0 Å². The molecule has 1 aromatic heterocycles. The highest BCUT2D eigenvalue weighted by molar-refractivity contribution is 6.22.